The highest BCUT2D eigenvalue weighted by Gasteiger charge is 1.98. The van der Waals surface area contributed by atoms with Crippen molar-refractivity contribution in [2.45, 2.75) is 19.4 Å². The van der Waals surface area contributed by atoms with E-state index in [0.29, 0.717) is 6.04 Å². The van der Waals surface area contributed by atoms with Crippen LogP contribution >= 0.6 is 0 Å². The summed E-state index contributed by atoms with van der Waals surface area (Å²) >= 11 is 0. The largest absolute Gasteiger partial charge is 0.268 e. The fourth-order valence-electron chi connectivity index (χ4n) is 0.541. The van der Waals surface area contributed by atoms with Crippen molar-refractivity contribution < 1.29 is 0 Å². The van der Waals surface area contributed by atoms with E-state index in [1.807, 2.05) is 0 Å². The minimum Gasteiger partial charge on any atom is -0.268 e. The van der Waals surface area contributed by atoms with Gasteiger partial charge in [0, 0.05) is 6.21 Å². The summed E-state index contributed by atoms with van der Waals surface area (Å²) in [7, 11) is 0. The van der Waals surface area contributed by atoms with Gasteiger partial charge in [-0.25, -0.2) is 0 Å². The van der Waals surface area contributed by atoms with E-state index in [1.165, 1.54) is 0 Å². The molecule has 8 heavy (non-hydrogen) atoms. The van der Waals surface area contributed by atoms with Crippen LogP contribution in [0.1, 0.15) is 13.3 Å². The molecule has 3 heteroatoms. The topological polar surface area (TPSA) is 36.8 Å². The van der Waals surface area contributed by atoms with Crippen LogP contribution in [0.15, 0.2) is 10.1 Å². The van der Waals surface area contributed by atoms with Crippen molar-refractivity contribution in [2.75, 3.05) is 0 Å². The summed E-state index contributed by atoms with van der Waals surface area (Å²) < 4.78 is 0. The first-order valence-corrected chi connectivity index (χ1v) is 2.74. The lowest BCUT2D eigenvalue weighted by Gasteiger charge is -2.05. The van der Waals surface area contributed by atoms with E-state index < -0.39 is 0 Å². The molecule has 0 saturated carbocycles. The van der Waals surface area contributed by atoms with Crippen LogP contribution in [0.3, 0.4) is 0 Å². The van der Waals surface area contributed by atoms with Crippen molar-refractivity contribution >= 4 is 12.6 Å². The summed E-state index contributed by atoms with van der Waals surface area (Å²) in [5, 5.41) is 3.81. The maximum absolute atomic E-state index is 4.06. The van der Waals surface area contributed by atoms with Crippen molar-refractivity contribution in [3.63, 3.8) is 0 Å². The predicted octanol–water partition coefficient (Wildman–Crippen LogP) is 0.382. The minimum atomic E-state index is 0.302. The Morgan fingerprint density at radius 3 is 3.00 bits per heavy atom. The molecule has 0 radical (unpaired) electrons. The van der Waals surface area contributed by atoms with E-state index >= 15 is 0 Å². The highest BCUT2D eigenvalue weighted by atomic mass is 15.3. The molecule has 1 aliphatic heterocycles. The van der Waals surface area contributed by atoms with Gasteiger partial charge in [0.1, 0.15) is 6.34 Å². The zero-order chi connectivity index (χ0) is 5.82. The van der Waals surface area contributed by atoms with Crippen molar-refractivity contribution in [1.82, 2.24) is 5.43 Å². The third-order valence-corrected chi connectivity index (χ3v) is 1.06. The van der Waals surface area contributed by atoms with Gasteiger partial charge in [0.15, 0.2) is 0 Å². The Bertz CT molecular complexity index is 105. The second-order valence-corrected chi connectivity index (χ2v) is 1.66. The summed E-state index contributed by atoms with van der Waals surface area (Å²) in [5.74, 6) is 0. The summed E-state index contributed by atoms with van der Waals surface area (Å²) in [5.41, 5.74) is 2.63. The molecule has 1 aliphatic rings. The Balaban J connectivity index is 2.42. The van der Waals surface area contributed by atoms with E-state index in [4.69, 9.17) is 0 Å². The molecule has 44 valence electrons. The maximum Gasteiger partial charge on any atom is 0.104 e. The molecule has 0 spiro atoms. The summed E-state index contributed by atoms with van der Waals surface area (Å²) in [4.78, 5) is 4.06. The third kappa shape index (κ3) is 1.05. The second kappa shape index (κ2) is 2.45. The molecule has 0 aliphatic carbocycles. The number of rotatable bonds is 1. The van der Waals surface area contributed by atoms with Gasteiger partial charge < -0.3 is 0 Å². The fourth-order valence-corrected chi connectivity index (χ4v) is 0.541. The Kier molecular flexibility index (Phi) is 1.62. The molecule has 0 saturated heterocycles. The van der Waals surface area contributed by atoms with Gasteiger partial charge in [-0.15, -0.1) is 0 Å². The molecule has 0 bridgehead atoms. The standard InChI is InChI=1S/C5H9N3/c1-2-5-3-7-8-4-6-5/h3-5H,2H2,1H3,(H,6,8). The minimum absolute atomic E-state index is 0.302. The Hall–Kier alpha value is -0.860. The number of nitrogens with zero attached hydrogens (tertiary/aromatic N) is 2. The molecule has 0 aromatic rings. The van der Waals surface area contributed by atoms with Gasteiger partial charge in [0.25, 0.3) is 0 Å². The molecule has 1 unspecified atom stereocenters. The first-order chi connectivity index (χ1) is 3.93. The predicted molar refractivity (Wildman–Crippen MR) is 34.2 cm³/mol. The van der Waals surface area contributed by atoms with E-state index in [2.05, 4.69) is 22.4 Å². The second-order valence-electron chi connectivity index (χ2n) is 1.66. The van der Waals surface area contributed by atoms with Crippen molar-refractivity contribution in [3.05, 3.63) is 0 Å². The molecule has 1 N–H and O–H groups in total. The van der Waals surface area contributed by atoms with Gasteiger partial charge in [-0.05, 0) is 6.42 Å². The zero-order valence-corrected chi connectivity index (χ0v) is 4.83. The quantitative estimate of drug-likeness (QED) is 0.522. The van der Waals surface area contributed by atoms with Crippen LogP contribution in [0.2, 0.25) is 0 Å². The van der Waals surface area contributed by atoms with Gasteiger partial charge in [0.05, 0.1) is 6.04 Å². The van der Waals surface area contributed by atoms with Crippen LogP contribution in [0.25, 0.3) is 0 Å². The Morgan fingerprint density at radius 2 is 2.62 bits per heavy atom. The zero-order valence-electron chi connectivity index (χ0n) is 4.83. The summed E-state index contributed by atoms with van der Waals surface area (Å²) in [6, 6.07) is 0.302. The van der Waals surface area contributed by atoms with Gasteiger partial charge in [0.2, 0.25) is 0 Å². The van der Waals surface area contributed by atoms with Crippen molar-refractivity contribution in [1.29, 1.82) is 0 Å². The first kappa shape index (κ1) is 5.28. The summed E-state index contributed by atoms with van der Waals surface area (Å²) in [6.07, 6.45) is 4.45. The molecular weight excluding hydrogens is 102 g/mol. The van der Waals surface area contributed by atoms with E-state index in [-0.39, 0.29) is 0 Å². The van der Waals surface area contributed by atoms with Gasteiger partial charge in [-0.3, -0.25) is 10.4 Å². The number of hydrogen-bond acceptors (Lipinski definition) is 3. The fraction of sp³-hybridized carbons (Fsp3) is 0.600. The average molecular weight is 111 g/mol. The van der Waals surface area contributed by atoms with Crippen LogP contribution in [-0.4, -0.2) is 18.6 Å². The molecular formula is C5H9N3. The van der Waals surface area contributed by atoms with Gasteiger partial charge >= 0.3 is 0 Å². The highest BCUT2D eigenvalue weighted by Crippen LogP contribution is 1.93. The lowest BCUT2D eigenvalue weighted by atomic mass is 10.3. The van der Waals surface area contributed by atoms with Gasteiger partial charge in [-0.2, -0.15) is 5.10 Å². The molecule has 1 atom stereocenters. The maximum atomic E-state index is 4.06. The Morgan fingerprint density at radius 1 is 1.75 bits per heavy atom. The number of nitrogens with one attached hydrogen (secondary N) is 1. The summed E-state index contributed by atoms with van der Waals surface area (Å²) in [6.45, 7) is 2.08. The van der Waals surface area contributed by atoms with Crippen LogP contribution in [0.4, 0.5) is 0 Å². The number of aliphatic imine (C=N–C) groups is 1. The van der Waals surface area contributed by atoms with Crippen LogP contribution in [0.5, 0.6) is 0 Å². The highest BCUT2D eigenvalue weighted by molar-refractivity contribution is 5.72. The van der Waals surface area contributed by atoms with Crippen LogP contribution in [-0.2, 0) is 0 Å². The van der Waals surface area contributed by atoms with E-state index in [0.717, 1.165) is 6.42 Å². The molecule has 0 aromatic heterocycles. The lowest BCUT2D eigenvalue weighted by molar-refractivity contribution is 0.803. The van der Waals surface area contributed by atoms with Crippen molar-refractivity contribution in [2.24, 2.45) is 10.1 Å². The van der Waals surface area contributed by atoms with Gasteiger partial charge in [-0.1, -0.05) is 6.92 Å². The number of hydrogen-bond donors (Lipinski definition) is 1. The van der Waals surface area contributed by atoms with Crippen LogP contribution in [0, 0.1) is 0 Å². The monoisotopic (exact) mass is 111 g/mol. The van der Waals surface area contributed by atoms with E-state index in [1.54, 1.807) is 12.6 Å². The number of hydrazone groups is 1. The Labute approximate surface area is 48.5 Å². The SMILES string of the molecule is CCC1C=NNC=N1. The lowest BCUT2D eigenvalue weighted by Crippen LogP contribution is -2.16. The average Bonchev–Trinajstić information content (AvgIpc) is 1.90. The molecule has 3 nitrogen and oxygen atoms in total. The third-order valence-electron chi connectivity index (χ3n) is 1.06. The molecule has 0 amide bonds. The van der Waals surface area contributed by atoms with Crippen molar-refractivity contribution in [3.8, 4) is 0 Å². The van der Waals surface area contributed by atoms with E-state index in [9.17, 15) is 0 Å². The molecule has 0 fully saturated rings. The normalized spacial score (nSPS) is 25.4. The first-order valence-electron chi connectivity index (χ1n) is 2.74. The molecule has 0 aromatic carbocycles. The molecule has 1 heterocycles. The van der Waals surface area contributed by atoms with Crippen LogP contribution < -0.4 is 5.43 Å². The molecule has 1 rings (SSSR count). The smallest absolute Gasteiger partial charge is 0.104 e.